The van der Waals surface area contributed by atoms with Crippen LogP contribution in [0.15, 0.2) is 54.3 Å². The zero-order valence-corrected chi connectivity index (χ0v) is 21.5. The van der Waals surface area contributed by atoms with Crippen molar-refractivity contribution < 1.29 is 19.3 Å². The minimum absolute atomic E-state index is 0.330. The van der Waals surface area contributed by atoms with Crippen LogP contribution in [0, 0.1) is 0 Å². The predicted octanol–water partition coefficient (Wildman–Crippen LogP) is 6.81. The standard InChI is InChI=1S/C29H39ClO4/c1-4-7-15-32-20-28-29(31)27(33-16-8-5-2)19-26(34-28)23-13-14-25(30)24(18-23)17-22-11-9-21(6-3)10-12-22/h9-14,18-19,26,28-29,31H,4-8,15-17,20H2,1-3H3. The zero-order chi connectivity index (χ0) is 24.3. The number of aliphatic hydroxyl groups is 1. The first-order valence-corrected chi connectivity index (χ1v) is 13.0. The summed E-state index contributed by atoms with van der Waals surface area (Å²) in [5.41, 5.74) is 4.59. The molecule has 2 aromatic rings. The molecule has 0 amide bonds. The molecule has 0 bridgehead atoms. The van der Waals surface area contributed by atoms with Gasteiger partial charge in [-0.3, -0.25) is 0 Å². The minimum Gasteiger partial charge on any atom is -0.495 e. The number of rotatable bonds is 13. The molecule has 0 radical (unpaired) electrons. The number of unbranched alkanes of at least 4 members (excludes halogenated alkanes) is 2. The molecule has 34 heavy (non-hydrogen) atoms. The summed E-state index contributed by atoms with van der Waals surface area (Å²) >= 11 is 6.57. The van der Waals surface area contributed by atoms with Crippen molar-refractivity contribution in [1.29, 1.82) is 0 Å². The van der Waals surface area contributed by atoms with E-state index in [9.17, 15) is 5.11 Å². The summed E-state index contributed by atoms with van der Waals surface area (Å²) < 4.78 is 18.1. The molecular formula is C29H39ClO4. The van der Waals surface area contributed by atoms with Crippen molar-refractivity contribution in [3.05, 3.63) is 81.6 Å². The highest BCUT2D eigenvalue weighted by molar-refractivity contribution is 6.31. The van der Waals surface area contributed by atoms with E-state index in [1.54, 1.807) is 0 Å². The number of hydrogen-bond acceptors (Lipinski definition) is 4. The second-order valence-corrected chi connectivity index (χ2v) is 9.34. The third-order valence-corrected chi connectivity index (χ3v) is 6.56. The molecule has 2 aromatic carbocycles. The number of ether oxygens (including phenoxy) is 3. The molecule has 0 aliphatic carbocycles. The van der Waals surface area contributed by atoms with E-state index in [2.05, 4.69) is 51.1 Å². The lowest BCUT2D eigenvalue weighted by atomic mass is 9.97. The Bertz CT molecular complexity index is 909. The van der Waals surface area contributed by atoms with Crippen LogP contribution in [0.5, 0.6) is 0 Å². The average Bonchev–Trinajstić information content (AvgIpc) is 2.85. The van der Waals surface area contributed by atoms with E-state index in [-0.39, 0.29) is 6.10 Å². The highest BCUT2D eigenvalue weighted by Crippen LogP contribution is 2.33. The Kier molecular flexibility index (Phi) is 10.9. The maximum Gasteiger partial charge on any atom is 0.139 e. The molecule has 1 heterocycles. The monoisotopic (exact) mass is 486 g/mol. The first kappa shape index (κ1) is 26.7. The lowest BCUT2D eigenvalue weighted by molar-refractivity contribution is -0.116. The molecule has 1 N–H and O–H groups in total. The van der Waals surface area contributed by atoms with Gasteiger partial charge in [-0.2, -0.15) is 0 Å². The Balaban J connectivity index is 1.80. The number of hydrogen-bond donors (Lipinski definition) is 1. The smallest absolute Gasteiger partial charge is 0.139 e. The van der Waals surface area contributed by atoms with E-state index in [0.29, 0.717) is 25.6 Å². The first-order valence-electron chi connectivity index (χ1n) is 12.7. The van der Waals surface area contributed by atoms with Crippen molar-refractivity contribution in [3.63, 3.8) is 0 Å². The van der Waals surface area contributed by atoms with Crippen LogP contribution in [-0.2, 0) is 27.1 Å². The maximum atomic E-state index is 10.9. The molecule has 4 nitrogen and oxygen atoms in total. The summed E-state index contributed by atoms with van der Waals surface area (Å²) in [5.74, 6) is 0.570. The molecular weight excluding hydrogens is 448 g/mol. The topological polar surface area (TPSA) is 47.9 Å². The van der Waals surface area contributed by atoms with Crippen molar-refractivity contribution in [2.45, 2.75) is 77.6 Å². The van der Waals surface area contributed by atoms with Gasteiger partial charge in [0.1, 0.15) is 24.1 Å². The average molecular weight is 487 g/mol. The van der Waals surface area contributed by atoms with Crippen LogP contribution in [0.3, 0.4) is 0 Å². The highest BCUT2D eigenvalue weighted by atomic mass is 35.5. The fourth-order valence-electron chi connectivity index (χ4n) is 3.97. The van der Waals surface area contributed by atoms with E-state index in [0.717, 1.165) is 54.7 Å². The molecule has 186 valence electrons. The van der Waals surface area contributed by atoms with E-state index in [1.165, 1.54) is 11.1 Å². The Morgan fingerprint density at radius 1 is 0.941 bits per heavy atom. The van der Waals surface area contributed by atoms with Gasteiger partial charge in [-0.05, 0) is 60.1 Å². The summed E-state index contributed by atoms with van der Waals surface area (Å²) in [4.78, 5) is 0. The van der Waals surface area contributed by atoms with Crippen LogP contribution < -0.4 is 0 Å². The molecule has 0 aromatic heterocycles. The van der Waals surface area contributed by atoms with Crippen molar-refractivity contribution in [2.75, 3.05) is 19.8 Å². The zero-order valence-electron chi connectivity index (χ0n) is 20.8. The SMILES string of the molecule is CCCCOCC1OC(c2ccc(Cl)c(Cc3ccc(CC)cc3)c2)C=C(OCCCC)C1O. The van der Waals surface area contributed by atoms with Crippen LogP contribution in [0.4, 0.5) is 0 Å². The van der Waals surface area contributed by atoms with Gasteiger partial charge >= 0.3 is 0 Å². The Labute approximate surface area is 209 Å². The fourth-order valence-corrected chi connectivity index (χ4v) is 4.16. The Hall–Kier alpha value is -1.85. The van der Waals surface area contributed by atoms with Gasteiger partial charge in [-0.15, -0.1) is 0 Å². The summed E-state index contributed by atoms with van der Waals surface area (Å²) in [5, 5.41) is 11.6. The summed E-state index contributed by atoms with van der Waals surface area (Å²) in [6.07, 6.45) is 6.05. The first-order chi connectivity index (χ1) is 16.5. The van der Waals surface area contributed by atoms with E-state index >= 15 is 0 Å². The number of aryl methyl sites for hydroxylation is 1. The van der Waals surface area contributed by atoms with Gasteiger partial charge in [0, 0.05) is 11.6 Å². The van der Waals surface area contributed by atoms with Gasteiger partial charge in [0.05, 0.1) is 13.2 Å². The van der Waals surface area contributed by atoms with E-state index in [1.807, 2.05) is 18.2 Å². The van der Waals surface area contributed by atoms with Gasteiger partial charge in [-0.25, -0.2) is 0 Å². The summed E-state index contributed by atoms with van der Waals surface area (Å²) in [6.45, 7) is 7.98. The van der Waals surface area contributed by atoms with Crippen molar-refractivity contribution in [1.82, 2.24) is 0 Å². The lowest BCUT2D eigenvalue weighted by Gasteiger charge is -2.33. The van der Waals surface area contributed by atoms with Crippen molar-refractivity contribution in [2.24, 2.45) is 0 Å². The quantitative estimate of drug-likeness (QED) is 0.316. The summed E-state index contributed by atoms with van der Waals surface area (Å²) in [7, 11) is 0. The molecule has 3 rings (SSSR count). The van der Waals surface area contributed by atoms with Gasteiger partial charge < -0.3 is 19.3 Å². The van der Waals surface area contributed by atoms with Gasteiger partial charge in [0.2, 0.25) is 0 Å². The number of aliphatic hydroxyl groups excluding tert-OH is 1. The van der Waals surface area contributed by atoms with Crippen LogP contribution in [0.1, 0.15) is 74.8 Å². The minimum atomic E-state index is -0.835. The molecule has 0 fully saturated rings. The second kappa shape index (κ2) is 13.9. The van der Waals surface area contributed by atoms with Gasteiger partial charge in [-0.1, -0.05) is 81.6 Å². The highest BCUT2D eigenvalue weighted by Gasteiger charge is 2.34. The molecule has 5 heteroatoms. The van der Waals surface area contributed by atoms with Crippen molar-refractivity contribution in [3.8, 4) is 0 Å². The normalized spacial score (nSPS) is 20.3. The fraction of sp³-hybridized carbons (Fsp3) is 0.517. The molecule has 0 spiro atoms. The van der Waals surface area contributed by atoms with E-state index < -0.39 is 12.2 Å². The molecule has 3 atom stereocenters. The molecule has 1 aliphatic heterocycles. The molecule has 0 saturated carbocycles. The number of benzene rings is 2. The van der Waals surface area contributed by atoms with Crippen LogP contribution in [0.2, 0.25) is 5.02 Å². The number of halogens is 1. The summed E-state index contributed by atoms with van der Waals surface area (Å²) in [6, 6.07) is 14.7. The molecule has 0 saturated heterocycles. The van der Waals surface area contributed by atoms with Gasteiger partial charge in [0.15, 0.2) is 0 Å². The van der Waals surface area contributed by atoms with Crippen molar-refractivity contribution >= 4 is 11.6 Å². The Morgan fingerprint density at radius 2 is 1.65 bits per heavy atom. The second-order valence-electron chi connectivity index (χ2n) is 8.94. The third kappa shape index (κ3) is 7.58. The van der Waals surface area contributed by atoms with E-state index in [4.69, 9.17) is 25.8 Å². The molecule has 3 unspecified atom stereocenters. The van der Waals surface area contributed by atoms with Crippen LogP contribution in [-0.4, -0.2) is 37.1 Å². The third-order valence-electron chi connectivity index (χ3n) is 6.20. The van der Waals surface area contributed by atoms with Crippen LogP contribution >= 0.6 is 11.6 Å². The predicted molar refractivity (Wildman–Crippen MR) is 138 cm³/mol. The van der Waals surface area contributed by atoms with Crippen LogP contribution in [0.25, 0.3) is 0 Å². The maximum absolute atomic E-state index is 10.9. The largest absolute Gasteiger partial charge is 0.495 e. The van der Waals surface area contributed by atoms with Gasteiger partial charge in [0.25, 0.3) is 0 Å². The molecule has 1 aliphatic rings. The Morgan fingerprint density at radius 3 is 2.35 bits per heavy atom. The lowest BCUT2D eigenvalue weighted by Crippen LogP contribution is -2.40.